The van der Waals surface area contributed by atoms with E-state index in [4.69, 9.17) is 0 Å². The first kappa shape index (κ1) is 15.3. The van der Waals surface area contributed by atoms with E-state index in [-0.39, 0.29) is 12.3 Å². The number of urea groups is 1. The topological polar surface area (TPSA) is 90.5 Å². The average molecular weight is 316 g/mol. The third-order valence-corrected chi connectivity index (χ3v) is 4.27. The lowest BCUT2D eigenvalue weighted by Crippen LogP contribution is -2.40. The van der Waals surface area contributed by atoms with Gasteiger partial charge >= 0.3 is 6.03 Å². The third kappa shape index (κ3) is 3.28. The molecule has 1 fully saturated rings. The van der Waals surface area contributed by atoms with Crippen LogP contribution in [0.5, 0.6) is 0 Å². The van der Waals surface area contributed by atoms with Crippen LogP contribution in [0.1, 0.15) is 18.9 Å². The molecule has 3 N–H and O–H groups in total. The van der Waals surface area contributed by atoms with Crippen molar-refractivity contribution in [1.29, 1.82) is 0 Å². The Morgan fingerprint density at radius 1 is 1.35 bits per heavy atom. The Kier molecular flexibility index (Phi) is 4.18. The Labute approximate surface area is 134 Å². The van der Waals surface area contributed by atoms with Crippen molar-refractivity contribution in [2.45, 2.75) is 31.8 Å². The van der Waals surface area contributed by atoms with Crippen LogP contribution in [0.2, 0.25) is 0 Å². The molecule has 7 nitrogen and oxygen atoms in total. The van der Waals surface area contributed by atoms with Gasteiger partial charge in [0.1, 0.15) is 6.04 Å². The zero-order chi connectivity index (χ0) is 16.4. The van der Waals surface area contributed by atoms with Gasteiger partial charge in [0.2, 0.25) is 5.91 Å². The van der Waals surface area contributed by atoms with Gasteiger partial charge in [-0.2, -0.15) is 0 Å². The van der Waals surface area contributed by atoms with Crippen LogP contribution in [0, 0.1) is 0 Å². The fourth-order valence-corrected chi connectivity index (χ4v) is 3.15. The summed E-state index contributed by atoms with van der Waals surface area (Å²) in [6, 6.07) is 7.38. The van der Waals surface area contributed by atoms with Crippen LogP contribution in [-0.2, 0) is 16.0 Å². The standard InChI is InChI=1S/C16H20N4O3/c1-10-8-11-4-2-3-5-13(11)20(10)7-6-17-14(21)9-12-15(22)19-16(23)18-12/h2-5,10,12H,6-9H2,1H3,(H,17,21)(H2,18,19,22,23)/t10-,12-/m0/s1. The average Bonchev–Trinajstić information content (AvgIpc) is 2.98. The van der Waals surface area contributed by atoms with Gasteiger partial charge in [-0.1, -0.05) is 18.2 Å². The van der Waals surface area contributed by atoms with Crippen LogP contribution < -0.4 is 20.9 Å². The maximum atomic E-state index is 11.9. The number of nitrogens with one attached hydrogen (secondary N) is 3. The molecule has 0 bridgehead atoms. The lowest BCUT2D eigenvalue weighted by atomic mass is 10.1. The van der Waals surface area contributed by atoms with E-state index in [1.54, 1.807) is 0 Å². The molecule has 2 aliphatic rings. The number of carbonyl (C=O) groups is 3. The van der Waals surface area contributed by atoms with Crippen molar-refractivity contribution in [3.63, 3.8) is 0 Å². The first-order valence-electron chi connectivity index (χ1n) is 7.77. The summed E-state index contributed by atoms with van der Waals surface area (Å²) in [5.41, 5.74) is 2.55. The van der Waals surface area contributed by atoms with Gasteiger partial charge in [-0.3, -0.25) is 14.9 Å². The minimum atomic E-state index is -0.770. The van der Waals surface area contributed by atoms with Gasteiger partial charge in [0, 0.05) is 24.8 Å². The van der Waals surface area contributed by atoms with E-state index in [9.17, 15) is 14.4 Å². The van der Waals surface area contributed by atoms with Crippen molar-refractivity contribution in [2.24, 2.45) is 0 Å². The molecule has 4 amide bonds. The highest BCUT2D eigenvalue weighted by molar-refractivity contribution is 6.05. The van der Waals surface area contributed by atoms with Crippen LogP contribution in [0.4, 0.5) is 10.5 Å². The van der Waals surface area contributed by atoms with Crippen molar-refractivity contribution in [1.82, 2.24) is 16.0 Å². The minimum absolute atomic E-state index is 0.0380. The lowest BCUT2D eigenvalue weighted by Gasteiger charge is -2.25. The molecule has 1 aromatic carbocycles. The number of hydrogen-bond donors (Lipinski definition) is 3. The number of rotatable bonds is 5. The second-order valence-corrected chi connectivity index (χ2v) is 5.94. The molecule has 1 saturated heterocycles. The molecule has 122 valence electrons. The fraction of sp³-hybridized carbons (Fsp3) is 0.438. The number of para-hydroxylation sites is 1. The monoisotopic (exact) mass is 316 g/mol. The lowest BCUT2D eigenvalue weighted by molar-refractivity contribution is -0.126. The van der Waals surface area contributed by atoms with E-state index in [0.29, 0.717) is 19.1 Å². The number of hydrogen-bond acceptors (Lipinski definition) is 4. The predicted molar refractivity (Wildman–Crippen MR) is 85.0 cm³/mol. The van der Waals surface area contributed by atoms with Crippen molar-refractivity contribution in [3.8, 4) is 0 Å². The maximum absolute atomic E-state index is 11.9. The van der Waals surface area contributed by atoms with E-state index in [2.05, 4.69) is 39.9 Å². The molecular weight excluding hydrogens is 296 g/mol. The number of carbonyl (C=O) groups excluding carboxylic acids is 3. The molecule has 0 aliphatic carbocycles. The molecular formula is C16H20N4O3. The van der Waals surface area contributed by atoms with Crippen LogP contribution >= 0.6 is 0 Å². The van der Waals surface area contributed by atoms with Gasteiger partial charge < -0.3 is 15.5 Å². The number of benzene rings is 1. The molecule has 0 saturated carbocycles. The van der Waals surface area contributed by atoms with Crippen molar-refractivity contribution in [2.75, 3.05) is 18.0 Å². The SMILES string of the molecule is C[C@H]1Cc2ccccc2N1CCNC(=O)C[C@@H]1NC(=O)NC1=O. The molecule has 0 radical (unpaired) electrons. The normalized spacial score (nSPS) is 22.6. The third-order valence-electron chi connectivity index (χ3n) is 4.27. The molecule has 1 aromatic rings. The molecule has 7 heteroatoms. The largest absolute Gasteiger partial charge is 0.367 e. The van der Waals surface area contributed by atoms with Gasteiger partial charge in [0.05, 0.1) is 6.42 Å². The number of anilines is 1. The Hall–Kier alpha value is -2.57. The molecule has 2 heterocycles. The summed E-state index contributed by atoms with van der Waals surface area (Å²) in [5, 5.41) is 7.34. The second kappa shape index (κ2) is 6.28. The Bertz CT molecular complexity index is 646. The maximum Gasteiger partial charge on any atom is 0.322 e. The van der Waals surface area contributed by atoms with Crippen molar-refractivity contribution in [3.05, 3.63) is 29.8 Å². The van der Waals surface area contributed by atoms with E-state index >= 15 is 0 Å². The summed E-state index contributed by atoms with van der Waals surface area (Å²) < 4.78 is 0. The summed E-state index contributed by atoms with van der Waals surface area (Å²) in [4.78, 5) is 36.6. The highest BCUT2D eigenvalue weighted by Crippen LogP contribution is 2.31. The van der Waals surface area contributed by atoms with E-state index < -0.39 is 18.0 Å². The summed E-state index contributed by atoms with van der Waals surface area (Å²) in [6.45, 7) is 3.38. The van der Waals surface area contributed by atoms with E-state index in [0.717, 1.165) is 6.42 Å². The Morgan fingerprint density at radius 3 is 2.87 bits per heavy atom. The Balaban J connectivity index is 1.47. The minimum Gasteiger partial charge on any atom is -0.367 e. The molecule has 0 unspecified atom stereocenters. The van der Waals surface area contributed by atoms with E-state index in [1.165, 1.54) is 11.3 Å². The summed E-state index contributed by atoms with van der Waals surface area (Å²) >= 11 is 0. The van der Waals surface area contributed by atoms with Gasteiger partial charge in [-0.05, 0) is 25.0 Å². The number of nitrogens with zero attached hydrogens (tertiary/aromatic N) is 1. The molecule has 0 aromatic heterocycles. The summed E-state index contributed by atoms with van der Waals surface area (Å²) in [7, 11) is 0. The van der Waals surface area contributed by atoms with Crippen LogP contribution in [-0.4, -0.2) is 43.0 Å². The zero-order valence-electron chi connectivity index (χ0n) is 13.0. The molecule has 23 heavy (non-hydrogen) atoms. The smallest absolute Gasteiger partial charge is 0.322 e. The zero-order valence-corrected chi connectivity index (χ0v) is 13.0. The molecule has 3 rings (SSSR count). The number of fused-ring (bicyclic) bond motifs is 1. The number of imide groups is 1. The number of amides is 4. The quantitative estimate of drug-likeness (QED) is 0.675. The van der Waals surface area contributed by atoms with Crippen molar-refractivity contribution < 1.29 is 14.4 Å². The molecule has 0 spiro atoms. The van der Waals surface area contributed by atoms with Crippen molar-refractivity contribution >= 4 is 23.5 Å². The van der Waals surface area contributed by atoms with Crippen LogP contribution in [0.15, 0.2) is 24.3 Å². The second-order valence-electron chi connectivity index (χ2n) is 5.94. The first-order chi connectivity index (χ1) is 11.0. The van der Waals surface area contributed by atoms with Gasteiger partial charge in [-0.25, -0.2) is 4.79 Å². The highest BCUT2D eigenvalue weighted by Gasteiger charge is 2.31. The van der Waals surface area contributed by atoms with Crippen LogP contribution in [0.25, 0.3) is 0 Å². The van der Waals surface area contributed by atoms with Crippen LogP contribution in [0.3, 0.4) is 0 Å². The van der Waals surface area contributed by atoms with Gasteiger partial charge in [0.15, 0.2) is 0 Å². The highest BCUT2D eigenvalue weighted by atomic mass is 16.2. The summed E-state index contributed by atoms with van der Waals surface area (Å²) in [5.74, 6) is -0.695. The Morgan fingerprint density at radius 2 is 2.13 bits per heavy atom. The van der Waals surface area contributed by atoms with Gasteiger partial charge in [-0.15, -0.1) is 0 Å². The molecule has 2 aliphatic heterocycles. The van der Waals surface area contributed by atoms with Gasteiger partial charge in [0.25, 0.3) is 5.91 Å². The molecule has 2 atom stereocenters. The predicted octanol–water partition coefficient (Wildman–Crippen LogP) is 0.152. The van der Waals surface area contributed by atoms with E-state index in [1.807, 2.05) is 12.1 Å². The summed E-state index contributed by atoms with van der Waals surface area (Å²) in [6.07, 6.45) is 0.974. The first-order valence-corrected chi connectivity index (χ1v) is 7.77. The fourth-order valence-electron chi connectivity index (χ4n) is 3.15.